The molecular weight excluding hydrogens is 206 g/mol. The third-order valence-corrected chi connectivity index (χ3v) is 3.60. The van der Waals surface area contributed by atoms with E-state index < -0.39 is 0 Å². The lowest BCUT2D eigenvalue weighted by molar-refractivity contribution is 0.506. The van der Waals surface area contributed by atoms with Crippen molar-refractivity contribution in [3.8, 4) is 0 Å². The van der Waals surface area contributed by atoms with Crippen molar-refractivity contribution in [3.05, 3.63) is 40.1 Å². The molecule has 2 aromatic heterocycles. The summed E-state index contributed by atoms with van der Waals surface area (Å²) < 4.78 is 2.43. The van der Waals surface area contributed by atoms with E-state index in [1.54, 1.807) is 11.3 Å². The summed E-state index contributed by atoms with van der Waals surface area (Å²) in [7, 11) is 0. The zero-order valence-electron chi connectivity index (χ0n) is 8.44. The molecule has 0 aromatic carbocycles. The van der Waals surface area contributed by atoms with Crippen LogP contribution in [0.5, 0.6) is 0 Å². The van der Waals surface area contributed by atoms with Crippen LogP contribution >= 0.6 is 11.3 Å². The number of nitrogens with one attached hydrogen (secondary N) is 1. The lowest BCUT2D eigenvalue weighted by Gasteiger charge is -2.18. The van der Waals surface area contributed by atoms with Crippen LogP contribution in [-0.4, -0.2) is 16.1 Å². The van der Waals surface area contributed by atoms with Crippen LogP contribution in [0, 0.1) is 0 Å². The average molecular weight is 219 g/mol. The molecule has 15 heavy (non-hydrogen) atoms. The van der Waals surface area contributed by atoms with Gasteiger partial charge in [0.15, 0.2) is 0 Å². The van der Waals surface area contributed by atoms with E-state index >= 15 is 0 Å². The summed E-state index contributed by atoms with van der Waals surface area (Å²) in [5, 5.41) is 3.38. The first-order valence-corrected chi connectivity index (χ1v) is 6.07. The molecule has 0 amide bonds. The van der Waals surface area contributed by atoms with Crippen molar-refractivity contribution < 1.29 is 0 Å². The Balaban J connectivity index is 1.89. The van der Waals surface area contributed by atoms with Gasteiger partial charge in [0.2, 0.25) is 0 Å². The molecule has 1 aliphatic rings. The van der Waals surface area contributed by atoms with Gasteiger partial charge in [0.05, 0.1) is 5.51 Å². The molecule has 1 N–H and O–H groups in total. The van der Waals surface area contributed by atoms with Gasteiger partial charge in [-0.05, 0) is 12.1 Å². The van der Waals surface area contributed by atoms with Crippen LogP contribution in [0.4, 0.5) is 0 Å². The molecule has 2 aromatic rings. The lowest BCUT2D eigenvalue weighted by atomic mass is 10.3. The monoisotopic (exact) mass is 219 g/mol. The van der Waals surface area contributed by atoms with Gasteiger partial charge in [-0.3, -0.25) is 4.98 Å². The Bertz CT molecular complexity index is 444. The van der Waals surface area contributed by atoms with E-state index in [0.717, 1.165) is 26.1 Å². The molecule has 3 rings (SSSR count). The molecular formula is C11H13N3S. The first-order chi connectivity index (χ1) is 7.43. The van der Waals surface area contributed by atoms with Crippen molar-refractivity contribution >= 4 is 11.3 Å². The van der Waals surface area contributed by atoms with E-state index in [2.05, 4.69) is 27.0 Å². The quantitative estimate of drug-likeness (QED) is 0.832. The number of aromatic nitrogens is 2. The normalized spacial score (nSPS) is 15.2. The predicted octanol–water partition coefficient (Wildman–Crippen LogP) is 1.64. The zero-order valence-corrected chi connectivity index (χ0v) is 9.26. The summed E-state index contributed by atoms with van der Waals surface area (Å²) in [4.78, 5) is 5.45. The fraction of sp³-hybridized carbons (Fsp3) is 0.364. The highest BCUT2D eigenvalue weighted by atomic mass is 32.1. The second-order valence-corrected chi connectivity index (χ2v) is 4.76. The molecule has 4 heteroatoms. The summed E-state index contributed by atoms with van der Waals surface area (Å²) in [6, 6.07) is 4.46. The minimum atomic E-state index is 1.00. The Morgan fingerprint density at radius 1 is 1.47 bits per heavy atom. The van der Waals surface area contributed by atoms with E-state index in [1.165, 1.54) is 16.3 Å². The molecule has 0 atom stereocenters. The Morgan fingerprint density at radius 2 is 2.47 bits per heavy atom. The molecule has 78 valence electrons. The van der Waals surface area contributed by atoms with Gasteiger partial charge in [0.1, 0.15) is 0 Å². The molecule has 0 saturated heterocycles. The molecule has 1 aliphatic heterocycles. The maximum Gasteiger partial charge on any atom is 0.0794 e. The Labute approximate surface area is 92.8 Å². The van der Waals surface area contributed by atoms with E-state index in [9.17, 15) is 0 Å². The van der Waals surface area contributed by atoms with Crippen molar-refractivity contribution in [3.63, 3.8) is 0 Å². The molecule has 0 radical (unpaired) electrons. The standard InChI is InChI=1S/C11H13N3S/c1-2-10-6-12-3-4-14(10)9(1)5-11-7-13-8-15-11/h1-2,7-8,12H,3-6H2. The number of hydrogen-bond donors (Lipinski definition) is 1. The number of hydrogen-bond acceptors (Lipinski definition) is 3. The van der Waals surface area contributed by atoms with E-state index in [1.807, 2.05) is 11.7 Å². The fourth-order valence-corrected chi connectivity index (χ4v) is 2.68. The van der Waals surface area contributed by atoms with Gasteiger partial charge < -0.3 is 9.88 Å². The van der Waals surface area contributed by atoms with E-state index in [0.29, 0.717) is 0 Å². The molecule has 0 unspecified atom stereocenters. The van der Waals surface area contributed by atoms with Crippen LogP contribution in [0.2, 0.25) is 0 Å². The highest BCUT2D eigenvalue weighted by molar-refractivity contribution is 7.09. The molecule has 0 bridgehead atoms. The molecule has 0 fully saturated rings. The van der Waals surface area contributed by atoms with Crippen molar-refractivity contribution in [1.29, 1.82) is 0 Å². The highest BCUT2D eigenvalue weighted by Crippen LogP contribution is 2.17. The third-order valence-electron chi connectivity index (χ3n) is 2.82. The van der Waals surface area contributed by atoms with Crippen molar-refractivity contribution in [2.45, 2.75) is 19.5 Å². The lowest BCUT2D eigenvalue weighted by Crippen LogP contribution is -2.28. The van der Waals surface area contributed by atoms with Gasteiger partial charge >= 0.3 is 0 Å². The van der Waals surface area contributed by atoms with Crippen LogP contribution in [0.1, 0.15) is 16.3 Å². The van der Waals surface area contributed by atoms with Crippen molar-refractivity contribution in [2.75, 3.05) is 6.54 Å². The molecule has 3 nitrogen and oxygen atoms in total. The van der Waals surface area contributed by atoms with Gasteiger partial charge in [-0.15, -0.1) is 11.3 Å². The first kappa shape index (κ1) is 9.12. The van der Waals surface area contributed by atoms with Crippen LogP contribution in [-0.2, 0) is 19.5 Å². The second-order valence-electron chi connectivity index (χ2n) is 3.79. The van der Waals surface area contributed by atoms with Crippen LogP contribution in [0.25, 0.3) is 0 Å². The first-order valence-electron chi connectivity index (χ1n) is 5.19. The number of thiazole rings is 1. The summed E-state index contributed by atoms with van der Waals surface area (Å²) in [5.41, 5.74) is 4.72. The minimum absolute atomic E-state index is 1.00. The summed E-state index contributed by atoms with van der Waals surface area (Å²) in [5.74, 6) is 0. The predicted molar refractivity (Wildman–Crippen MR) is 61.1 cm³/mol. The highest BCUT2D eigenvalue weighted by Gasteiger charge is 2.12. The van der Waals surface area contributed by atoms with Crippen LogP contribution in [0.15, 0.2) is 23.8 Å². The summed E-state index contributed by atoms with van der Waals surface area (Å²) >= 11 is 1.73. The van der Waals surface area contributed by atoms with Crippen LogP contribution in [0.3, 0.4) is 0 Å². The van der Waals surface area contributed by atoms with E-state index in [4.69, 9.17) is 0 Å². The Morgan fingerprint density at radius 3 is 3.33 bits per heavy atom. The van der Waals surface area contributed by atoms with Gasteiger partial charge in [-0.2, -0.15) is 0 Å². The summed E-state index contributed by atoms with van der Waals surface area (Å²) in [6.45, 7) is 3.18. The minimum Gasteiger partial charge on any atom is -0.346 e. The van der Waals surface area contributed by atoms with Gasteiger partial charge in [-0.25, -0.2) is 0 Å². The van der Waals surface area contributed by atoms with Gasteiger partial charge in [0, 0.05) is 48.5 Å². The van der Waals surface area contributed by atoms with Crippen LogP contribution < -0.4 is 5.32 Å². The van der Waals surface area contributed by atoms with Crippen molar-refractivity contribution in [1.82, 2.24) is 14.9 Å². The Kier molecular flexibility index (Phi) is 2.31. The summed E-state index contributed by atoms with van der Waals surface area (Å²) in [6.07, 6.45) is 2.98. The third kappa shape index (κ3) is 1.70. The Hall–Kier alpha value is -1.13. The topological polar surface area (TPSA) is 29.9 Å². The van der Waals surface area contributed by atoms with Gasteiger partial charge in [-0.1, -0.05) is 0 Å². The van der Waals surface area contributed by atoms with Crippen molar-refractivity contribution in [2.24, 2.45) is 0 Å². The molecule has 3 heterocycles. The second kappa shape index (κ2) is 3.79. The molecule has 0 saturated carbocycles. The maximum atomic E-state index is 4.11. The molecule has 0 spiro atoms. The average Bonchev–Trinajstić information content (AvgIpc) is 2.89. The number of fused-ring (bicyclic) bond motifs is 1. The fourth-order valence-electron chi connectivity index (χ4n) is 2.07. The SMILES string of the molecule is c1ncc(Cc2ccc3n2CCNC3)s1. The zero-order chi connectivity index (χ0) is 10.1. The molecule has 0 aliphatic carbocycles. The number of rotatable bonds is 2. The smallest absolute Gasteiger partial charge is 0.0794 e. The van der Waals surface area contributed by atoms with Gasteiger partial charge in [0.25, 0.3) is 0 Å². The largest absolute Gasteiger partial charge is 0.346 e. The maximum absolute atomic E-state index is 4.11. The number of nitrogens with zero attached hydrogens (tertiary/aromatic N) is 2. The van der Waals surface area contributed by atoms with E-state index in [-0.39, 0.29) is 0 Å².